The van der Waals surface area contributed by atoms with Crippen molar-refractivity contribution in [3.05, 3.63) is 69.8 Å². The molecule has 27 heavy (non-hydrogen) atoms. The van der Waals surface area contributed by atoms with Crippen molar-refractivity contribution in [1.29, 1.82) is 0 Å². The Morgan fingerprint density at radius 3 is 2.04 bits per heavy atom. The van der Waals surface area contributed by atoms with Crippen molar-refractivity contribution in [3.8, 4) is 0 Å². The van der Waals surface area contributed by atoms with Gasteiger partial charge in [0, 0.05) is 29.7 Å². The van der Waals surface area contributed by atoms with Crippen LogP contribution < -0.4 is 5.73 Å². The molecule has 0 atom stereocenters. The van der Waals surface area contributed by atoms with Crippen molar-refractivity contribution in [2.75, 3.05) is 30.7 Å². The number of likely N-dealkylation sites (tertiary alicyclic amines) is 1. The summed E-state index contributed by atoms with van der Waals surface area (Å²) in [7, 11) is 0. The van der Waals surface area contributed by atoms with Crippen LogP contribution in [0.25, 0.3) is 0 Å². The lowest BCUT2D eigenvalue weighted by Gasteiger charge is -2.26. The lowest BCUT2D eigenvalue weighted by Crippen LogP contribution is -2.31. The number of alkyl halides is 1. The van der Waals surface area contributed by atoms with Gasteiger partial charge < -0.3 is 10.6 Å². The molecule has 0 spiro atoms. The van der Waals surface area contributed by atoms with E-state index in [9.17, 15) is 10.1 Å². The molecule has 0 unspecified atom stereocenters. The number of rotatable bonds is 6. The molecule has 1 heterocycles. The van der Waals surface area contributed by atoms with Gasteiger partial charge in [-0.3, -0.25) is 10.1 Å². The number of halogens is 1. The molecule has 146 valence electrons. The van der Waals surface area contributed by atoms with Gasteiger partial charge >= 0.3 is 0 Å². The van der Waals surface area contributed by atoms with Gasteiger partial charge in [0.05, 0.1) is 4.92 Å². The summed E-state index contributed by atoms with van der Waals surface area (Å²) in [6.07, 6.45) is 6.22. The number of hydrogen-bond acceptors (Lipinski definition) is 4. The minimum Gasteiger partial charge on any atom is -0.399 e. The fourth-order valence-electron chi connectivity index (χ4n) is 3.05. The Bertz CT molecular complexity index is 684. The molecule has 0 bridgehead atoms. The number of hydrogen-bond donors (Lipinski definition) is 1. The van der Waals surface area contributed by atoms with Crippen LogP contribution in [0.1, 0.15) is 30.4 Å². The van der Waals surface area contributed by atoms with E-state index in [2.05, 4.69) is 33.0 Å². The van der Waals surface area contributed by atoms with E-state index >= 15 is 0 Å². The van der Waals surface area contributed by atoms with Gasteiger partial charge in [-0.1, -0.05) is 46.6 Å². The predicted octanol–water partition coefficient (Wildman–Crippen LogP) is 4.83. The summed E-state index contributed by atoms with van der Waals surface area (Å²) in [6, 6.07) is 14.9. The average Bonchev–Trinajstić information content (AvgIpc) is 2.70. The smallest absolute Gasteiger partial charge is 0.269 e. The first-order valence-electron chi connectivity index (χ1n) is 9.44. The fraction of sp³-hybridized carbons (Fsp3) is 0.429. The molecule has 0 saturated carbocycles. The van der Waals surface area contributed by atoms with Crippen molar-refractivity contribution in [3.63, 3.8) is 0 Å². The monoisotopic (exact) mass is 433 g/mol. The summed E-state index contributed by atoms with van der Waals surface area (Å²) in [4.78, 5) is 12.4. The van der Waals surface area contributed by atoms with Crippen molar-refractivity contribution >= 4 is 27.3 Å². The van der Waals surface area contributed by atoms with Crippen molar-refractivity contribution < 1.29 is 4.92 Å². The number of nitrogens with zero attached hydrogens (tertiary/aromatic N) is 2. The number of piperidine rings is 1. The van der Waals surface area contributed by atoms with Crippen LogP contribution in [-0.2, 0) is 12.8 Å². The SMILES string of the molecule is Nc1ccc(CCN2CCCCC2)cc1.O=[N+]([O-])c1ccc(CCBr)cc1. The molecule has 1 fully saturated rings. The summed E-state index contributed by atoms with van der Waals surface area (Å²) in [5.74, 6) is 0. The van der Waals surface area contributed by atoms with E-state index in [1.54, 1.807) is 12.1 Å². The number of aryl methyl sites for hydroxylation is 1. The molecule has 0 radical (unpaired) electrons. The van der Waals surface area contributed by atoms with E-state index in [-0.39, 0.29) is 5.69 Å². The Balaban J connectivity index is 0.000000199. The number of nitro groups is 1. The van der Waals surface area contributed by atoms with Crippen LogP contribution in [0.2, 0.25) is 0 Å². The molecule has 2 aromatic carbocycles. The Labute approximate surface area is 169 Å². The van der Waals surface area contributed by atoms with Crippen LogP contribution in [0, 0.1) is 10.1 Å². The van der Waals surface area contributed by atoms with Gasteiger partial charge in [-0.2, -0.15) is 0 Å². The van der Waals surface area contributed by atoms with Crippen molar-refractivity contribution in [1.82, 2.24) is 4.90 Å². The molecular formula is C21H28BrN3O2. The average molecular weight is 434 g/mol. The first-order chi connectivity index (χ1) is 13.1. The Hall–Kier alpha value is -1.92. The maximum Gasteiger partial charge on any atom is 0.269 e. The highest BCUT2D eigenvalue weighted by Crippen LogP contribution is 2.13. The molecule has 2 aromatic rings. The number of anilines is 1. The lowest BCUT2D eigenvalue weighted by molar-refractivity contribution is -0.384. The molecule has 1 saturated heterocycles. The number of benzene rings is 2. The third-order valence-electron chi connectivity index (χ3n) is 4.68. The van der Waals surface area contributed by atoms with Gasteiger partial charge in [0.1, 0.15) is 0 Å². The molecular weight excluding hydrogens is 406 g/mol. The third kappa shape index (κ3) is 8.10. The molecule has 5 nitrogen and oxygen atoms in total. The summed E-state index contributed by atoms with van der Waals surface area (Å²) in [5, 5.41) is 11.1. The Morgan fingerprint density at radius 2 is 1.48 bits per heavy atom. The largest absolute Gasteiger partial charge is 0.399 e. The van der Waals surface area contributed by atoms with Crippen LogP contribution >= 0.6 is 15.9 Å². The van der Waals surface area contributed by atoms with Gasteiger partial charge in [0.2, 0.25) is 0 Å². The van der Waals surface area contributed by atoms with Gasteiger partial charge in [-0.05, 0) is 62.0 Å². The molecule has 6 heteroatoms. The number of nitro benzene ring substituents is 1. The lowest BCUT2D eigenvalue weighted by atomic mass is 10.1. The molecule has 1 aliphatic heterocycles. The highest BCUT2D eigenvalue weighted by atomic mass is 79.9. The zero-order chi connectivity index (χ0) is 19.5. The van der Waals surface area contributed by atoms with E-state index in [4.69, 9.17) is 5.73 Å². The molecule has 0 aromatic heterocycles. The molecule has 1 aliphatic rings. The van der Waals surface area contributed by atoms with Crippen LogP contribution in [0.3, 0.4) is 0 Å². The number of nitrogen functional groups attached to an aromatic ring is 1. The number of nitrogens with two attached hydrogens (primary N) is 1. The second-order valence-corrected chi connectivity index (χ2v) is 7.55. The summed E-state index contributed by atoms with van der Waals surface area (Å²) < 4.78 is 0. The molecule has 0 aliphatic carbocycles. The maximum atomic E-state index is 10.3. The highest BCUT2D eigenvalue weighted by molar-refractivity contribution is 9.09. The second kappa shape index (κ2) is 11.7. The van der Waals surface area contributed by atoms with Gasteiger partial charge in [0.25, 0.3) is 5.69 Å². The minimum atomic E-state index is -0.391. The summed E-state index contributed by atoms with van der Waals surface area (Å²) >= 11 is 3.30. The van der Waals surface area contributed by atoms with E-state index in [1.165, 1.54) is 56.6 Å². The zero-order valence-corrected chi connectivity index (χ0v) is 17.2. The summed E-state index contributed by atoms with van der Waals surface area (Å²) in [5.41, 5.74) is 9.17. The predicted molar refractivity (Wildman–Crippen MR) is 115 cm³/mol. The van der Waals surface area contributed by atoms with Gasteiger partial charge in [-0.25, -0.2) is 0 Å². The highest BCUT2D eigenvalue weighted by Gasteiger charge is 2.09. The summed E-state index contributed by atoms with van der Waals surface area (Å²) in [6.45, 7) is 3.77. The molecule has 0 amide bonds. The minimum absolute atomic E-state index is 0.147. The van der Waals surface area contributed by atoms with Crippen LogP contribution in [0.4, 0.5) is 11.4 Å². The number of non-ortho nitro benzene ring substituents is 1. The first-order valence-corrected chi connectivity index (χ1v) is 10.6. The quantitative estimate of drug-likeness (QED) is 0.306. The van der Waals surface area contributed by atoms with E-state index in [0.29, 0.717) is 0 Å². The maximum absolute atomic E-state index is 10.3. The first kappa shape index (κ1) is 21.4. The normalized spacial score (nSPS) is 14.3. The fourth-order valence-corrected chi connectivity index (χ4v) is 3.51. The molecule has 3 rings (SSSR count). The van der Waals surface area contributed by atoms with Crippen molar-refractivity contribution in [2.24, 2.45) is 0 Å². The van der Waals surface area contributed by atoms with Crippen LogP contribution in [-0.4, -0.2) is 34.8 Å². The van der Waals surface area contributed by atoms with E-state index in [1.807, 2.05) is 12.1 Å². The van der Waals surface area contributed by atoms with Gasteiger partial charge in [-0.15, -0.1) is 0 Å². The third-order valence-corrected chi connectivity index (χ3v) is 5.07. The van der Waals surface area contributed by atoms with E-state index in [0.717, 1.165) is 29.4 Å². The Morgan fingerprint density at radius 1 is 0.926 bits per heavy atom. The second-order valence-electron chi connectivity index (χ2n) is 6.76. The topological polar surface area (TPSA) is 72.4 Å². The standard InChI is InChI=1S/C13H20N2.C8H8BrNO2/c14-13-6-4-12(5-7-13)8-11-15-9-2-1-3-10-15;9-6-5-7-1-3-8(4-2-7)10(11)12/h4-7H,1-3,8-11,14H2;1-4H,5-6H2. The van der Waals surface area contributed by atoms with Crippen LogP contribution in [0.15, 0.2) is 48.5 Å². The van der Waals surface area contributed by atoms with E-state index < -0.39 is 4.92 Å². The van der Waals surface area contributed by atoms with Crippen LogP contribution in [0.5, 0.6) is 0 Å². The van der Waals surface area contributed by atoms with Crippen molar-refractivity contribution in [2.45, 2.75) is 32.1 Å². The zero-order valence-electron chi connectivity index (χ0n) is 15.6. The Kier molecular flexibility index (Phi) is 9.28. The van der Waals surface area contributed by atoms with Gasteiger partial charge in [0.15, 0.2) is 0 Å². The molecule has 2 N–H and O–H groups in total.